The molecule has 1 aromatic carbocycles. The summed E-state index contributed by atoms with van der Waals surface area (Å²) in [5.41, 5.74) is 4.62. The summed E-state index contributed by atoms with van der Waals surface area (Å²) in [5.74, 6) is 1.23. The second-order valence-corrected chi connectivity index (χ2v) is 6.74. The number of ether oxygens (including phenoxy) is 1. The van der Waals surface area contributed by atoms with Crippen molar-refractivity contribution in [1.82, 2.24) is 19.4 Å². The number of aromatic nitrogens is 4. The third kappa shape index (κ3) is 3.48. The zero-order valence-corrected chi connectivity index (χ0v) is 16.4. The number of benzene rings is 1. The van der Waals surface area contributed by atoms with E-state index in [2.05, 4.69) is 26.3 Å². The highest BCUT2D eigenvalue weighted by Crippen LogP contribution is 2.26. The van der Waals surface area contributed by atoms with Crippen molar-refractivity contribution in [3.8, 4) is 23.2 Å². The molecule has 7 nitrogen and oxygen atoms in total. The predicted molar refractivity (Wildman–Crippen MR) is 111 cm³/mol. The highest BCUT2D eigenvalue weighted by molar-refractivity contribution is 5.68. The summed E-state index contributed by atoms with van der Waals surface area (Å²) in [6.07, 6.45) is 5.19. The maximum Gasteiger partial charge on any atom is 0.223 e. The van der Waals surface area contributed by atoms with E-state index in [4.69, 9.17) is 4.74 Å². The first-order valence-corrected chi connectivity index (χ1v) is 9.21. The van der Waals surface area contributed by atoms with Gasteiger partial charge in [-0.25, -0.2) is 15.0 Å². The van der Waals surface area contributed by atoms with Gasteiger partial charge in [0.25, 0.3) is 0 Å². The maximum absolute atomic E-state index is 9.56. The largest absolute Gasteiger partial charge is 0.497 e. The average molecular weight is 384 g/mol. The zero-order chi connectivity index (χ0) is 20.4. The molecule has 0 saturated heterocycles. The SMILES string of the molecule is COc1cccc([C@H](C)Nc2ncc(C#N)c(-c3cnc4c(C)cccn34)n2)c1. The summed E-state index contributed by atoms with van der Waals surface area (Å²) >= 11 is 0. The quantitative estimate of drug-likeness (QED) is 0.556. The summed E-state index contributed by atoms with van der Waals surface area (Å²) in [5, 5.41) is 12.9. The van der Waals surface area contributed by atoms with Gasteiger partial charge in [0.15, 0.2) is 0 Å². The molecule has 4 rings (SSSR count). The van der Waals surface area contributed by atoms with Crippen LogP contribution < -0.4 is 10.1 Å². The summed E-state index contributed by atoms with van der Waals surface area (Å²) in [6, 6.07) is 13.9. The number of hydrogen-bond donors (Lipinski definition) is 1. The number of methoxy groups -OCH3 is 1. The molecule has 3 heterocycles. The number of aryl methyl sites for hydroxylation is 1. The van der Waals surface area contributed by atoms with Gasteiger partial charge in [0, 0.05) is 6.20 Å². The molecule has 0 amide bonds. The molecule has 0 fully saturated rings. The Morgan fingerprint density at radius 1 is 1.17 bits per heavy atom. The lowest BCUT2D eigenvalue weighted by molar-refractivity contribution is 0.414. The molecule has 0 spiro atoms. The first-order chi connectivity index (χ1) is 14.1. The van der Waals surface area contributed by atoms with E-state index in [1.807, 2.05) is 60.8 Å². The van der Waals surface area contributed by atoms with Crippen LogP contribution in [0.3, 0.4) is 0 Å². The van der Waals surface area contributed by atoms with Crippen molar-refractivity contribution in [3.05, 3.63) is 71.7 Å². The smallest absolute Gasteiger partial charge is 0.223 e. The van der Waals surface area contributed by atoms with E-state index in [1.54, 1.807) is 13.3 Å². The molecule has 0 aliphatic carbocycles. The number of nitriles is 1. The molecule has 0 saturated carbocycles. The number of hydrogen-bond acceptors (Lipinski definition) is 6. The van der Waals surface area contributed by atoms with E-state index in [1.165, 1.54) is 6.20 Å². The number of rotatable bonds is 5. The van der Waals surface area contributed by atoms with E-state index in [0.717, 1.165) is 28.2 Å². The van der Waals surface area contributed by atoms with Gasteiger partial charge >= 0.3 is 0 Å². The van der Waals surface area contributed by atoms with Crippen LogP contribution >= 0.6 is 0 Å². The summed E-state index contributed by atoms with van der Waals surface area (Å²) in [7, 11) is 1.64. The summed E-state index contributed by atoms with van der Waals surface area (Å²) < 4.78 is 7.24. The fraction of sp³-hybridized carbons (Fsp3) is 0.182. The number of anilines is 1. The third-order valence-electron chi connectivity index (χ3n) is 4.82. The van der Waals surface area contributed by atoms with E-state index in [0.29, 0.717) is 17.2 Å². The molecule has 0 aliphatic heterocycles. The predicted octanol–water partition coefficient (Wildman–Crippen LogP) is 4.15. The average Bonchev–Trinajstić information content (AvgIpc) is 3.19. The van der Waals surface area contributed by atoms with Crippen molar-refractivity contribution in [2.45, 2.75) is 19.9 Å². The van der Waals surface area contributed by atoms with Crippen LogP contribution in [0.1, 0.15) is 29.7 Å². The van der Waals surface area contributed by atoms with E-state index in [-0.39, 0.29) is 6.04 Å². The Kier molecular flexibility index (Phi) is 4.83. The molecule has 1 N–H and O–H groups in total. The Morgan fingerprint density at radius 3 is 2.83 bits per heavy atom. The van der Waals surface area contributed by atoms with Crippen LogP contribution in [0.15, 0.2) is 55.0 Å². The molecule has 29 heavy (non-hydrogen) atoms. The van der Waals surface area contributed by atoms with Crippen molar-refractivity contribution >= 4 is 11.6 Å². The van der Waals surface area contributed by atoms with Crippen LogP contribution in [-0.2, 0) is 0 Å². The van der Waals surface area contributed by atoms with Crippen LogP contribution in [0.5, 0.6) is 5.75 Å². The van der Waals surface area contributed by atoms with Crippen molar-refractivity contribution < 1.29 is 4.74 Å². The molecule has 4 aromatic rings. The monoisotopic (exact) mass is 384 g/mol. The van der Waals surface area contributed by atoms with Gasteiger partial charge in [0.1, 0.15) is 23.2 Å². The van der Waals surface area contributed by atoms with Crippen molar-refractivity contribution in [1.29, 1.82) is 5.26 Å². The molecule has 144 valence electrons. The fourth-order valence-electron chi connectivity index (χ4n) is 3.24. The van der Waals surface area contributed by atoms with Gasteiger partial charge in [-0.3, -0.25) is 4.40 Å². The highest BCUT2D eigenvalue weighted by atomic mass is 16.5. The molecular formula is C22H20N6O. The Hall–Kier alpha value is -3.92. The van der Waals surface area contributed by atoms with E-state index < -0.39 is 0 Å². The lowest BCUT2D eigenvalue weighted by Crippen LogP contribution is -2.10. The van der Waals surface area contributed by atoms with Crippen LogP contribution in [0, 0.1) is 18.3 Å². The van der Waals surface area contributed by atoms with Crippen LogP contribution in [0.4, 0.5) is 5.95 Å². The van der Waals surface area contributed by atoms with Gasteiger partial charge in [-0.1, -0.05) is 18.2 Å². The molecule has 0 radical (unpaired) electrons. The van der Waals surface area contributed by atoms with Crippen molar-refractivity contribution in [3.63, 3.8) is 0 Å². The van der Waals surface area contributed by atoms with Gasteiger partial charge in [0.2, 0.25) is 5.95 Å². The lowest BCUT2D eigenvalue weighted by Gasteiger charge is -2.16. The van der Waals surface area contributed by atoms with Crippen LogP contribution in [0.25, 0.3) is 17.0 Å². The molecule has 0 unspecified atom stereocenters. The summed E-state index contributed by atoms with van der Waals surface area (Å²) in [6.45, 7) is 4.02. The second-order valence-electron chi connectivity index (χ2n) is 6.74. The normalized spacial score (nSPS) is 11.8. The minimum absolute atomic E-state index is 0.0460. The van der Waals surface area contributed by atoms with Crippen molar-refractivity contribution in [2.24, 2.45) is 0 Å². The molecule has 1 atom stereocenters. The number of pyridine rings is 1. The second kappa shape index (κ2) is 7.60. The first-order valence-electron chi connectivity index (χ1n) is 9.21. The molecule has 0 aliphatic rings. The first kappa shape index (κ1) is 18.4. The minimum atomic E-state index is -0.0460. The third-order valence-corrected chi connectivity index (χ3v) is 4.82. The van der Waals surface area contributed by atoms with Gasteiger partial charge in [-0.15, -0.1) is 0 Å². The van der Waals surface area contributed by atoms with Gasteiger partial charge in [-0.05, 0) is 43.2 Å². The van der Waals surface area contributed by atoms with Gasteiger partial charge in [-0.2, -0.15) is 5.26 Å². The lowest BCUT2D eigenvalue weighted by atomic mass is 10.1. The minimum Gasteiger partial charge on any atom is -0.497 e. The van der Waals surface area contributed by atoms with Crippen LogP contribution in [0.2, 0.25) is 0 Å². The van der Waals surface area contributed by atoms with E-state index in [9.17, 15) is 5.26 Å². The Labute approximate surface area is 168 Å². The van der Waals surface area contributed by atoms with Gasteiger partial charge < -0.3 is 10.1 Å². The van der Waals surface area contributed by atoms with Crippen molar-refractivity contribution in [2.75, 3.05) is 12.4 Å². The Balaban J connectivity index is 1.72. The fourth-order valence-corrected chi connectivity index (χ4v) is 3.24. The van der Waals surface area contributed by atoms with Gasteiger partial charge in [0.05, 0.1) is 36.8 Å². The Morgan fingerprint density at radius 2 is 2.03 bits per heavy atom. The number of nitrogens with one attached hydrogen (secondary N) is 1. The van der Waals surface area contributed by atoms with Crippen LogP contribution in [-0.4, -0.2) is 26.5 Å². The standard InChI is InChI=1S/C22H20N6O/c1-14-6-5-9-28-19(13-24-21(14)28)20-17(11-23)12-25-22(27-20)26-15(2)16-7-4-8-18(10-16)29-3/h4-10,12-13,15H,1-3H3,(H,25,26,27)/t15-/m0/s1. The number of nitrogens with zero attached hydrogens (tertiary/aromatic N) is 5. The molecule has 0 bridgehead atoms. The molecular weight excluding hydrogens is 364 g/mol. The number of fused-ring (bicyclic) bond motifs is 1. The maximum atomic E-state index is 9.56. The molecule has 3 aromatic heterocycles. The highest BCUT2D eigenvalue weighted by Gasteiger charge is 2.16. The topological polar surface area (TPSA) is 88.1 Å². The molecule has 7 heteroatoms. The zero-order valence-electron chi connectivity index (χ0n) is 16.4. The number of imidazole rings is 1. The van der Waals surface area contributed by atoms with E-state index >= 15 is 0 Å². The summed E-state index contributed by atoms with van der Waals surface area (Å²) in [4.78, 5) is 13.4. The Bertz CT molecular complexity index is 1220.